The van der Waals surface area contributed by atoms with Gasteiger partial charge in [0.15, 0.2) is 0 Å². The molecular formula is C24H30N2O4S. The van der Waals surface area contributed by atoms with Gasteiger partial charge in [0, 0.05) is 19.0 Å². The van der Waals surface area contributed by atoms with Crippen molar-refractivity contribution in [1.29, 1.82) is 0 Å². The number of nitrogens with one attached hydrogen (secondary N) is 1. The number of sulfonamides is 1. The van der Waals surface area contributed by atoms with Gasteiger partial charge in [0.1, 0.15) is 5.75 Å². The molecule has 1 N–H and O–H groups in total. The van der Waals surface area contributed by atoms with Gasteiger partial charge < -0.3 is 10.1 Å². The zero-order chi connectivity index (χ0) is 22.0. The number of ether oxygens (including phenoxy) is 1. The number of carbonyl (C=O) groups excluding carboxylic acids is 1. The maximum Gasteiger partial charge on any atom is 0.243 e. The number of piperidine rings is 1. The first kappa shape index (κ1) is 21.8. The van der Waals surface area contributed by atoms with Crippen molar-refractivity contribution in [3.8, 4) is 5.75 Å². The summed E-state index contributed by atoms with van der Waals surface area (Å²) in [7, 11) is -2.01. The minimum Gasteiger partial charge on any atom is -0.496 e. The molecule has 0 radical (unpaired) electrons. The number of rotatable bonds is 5. The summed E-state index contributed by atoms with van der Waals surface area (Å²) >= 11 is 0. The van der Waals surface area contributed by atoms with Gasteiger partial charge in [-0.25, -0.2) is 8.42 Å². The van der Waals surface area contributed by atoms with E-state index in [0.29, 0.717) is 31.7 Å². The number of nitrogens with zero attached hydrogens (tertiary/aromatic N) is 1. The van der Waals surface area contributed by atoms with Crippen LogP contribution in [0, 0.1) is 12.8 Å². The van der Waals surface area contributed by atoms with Gasteiger partial charge in [0.05, 0.1) is 18.0 Å². The highest BCUT2D eigenvalue weighted by molar-refractivity contribution is 7.89. The summed E-state index contributed by atoms with van der Waals surface area (Å²) in [5.74, 6) is 0.552. The Morgan fingerprint density at radius 1 is 1.10 bits per heavy atom. The summed E-state index contributed by atoms with van der Waals surface area (Å²) in [6, 6.07) is 13.3. The zero-order valence-corrected chi connectivity index (χ0v) is 19.0. The average Bonchev–Trinajstić information content (AvgIpc) is 2.79. The van der Waals surface area contributed by atoms with Crippen LogP contribution in [-0.4, -0.2) is 38.8 Å². The summed E-state index contributed by atoms with van der Waals surface area (Å²) < 4.78 is 32.8. The third-order valence-corrected chi connectivity index (χ3v) is 8.41. The van der Waals surface area contributed by atoms with Gasteiger partial charge in [0.25, 0.3) is 0 Å². The molecule has 6 nitrogen and oxygen atoms in total. The molecule has 1 aliphatic heterocycles. The van der Waals surface area contributed by atoms with E-state index in [-0.39, 0.29) is 22.8 Å². The lowest BCUT2D eigenvalue weighted by atomic mass is 9.87. The predicted molar refractivity (Wildman–Crippen MR) is 119 cm³/mol. The maximum absolute atomic E-state index is 13.1. The Kier molecular flexibility index (Phi) is 6.34. The molecule has 1 heterocycles. The van der Waals surface area contributed by atoms with Crippen LogP contribution in [0.2, 0.25) is 0 Å². The molecule has 31 heavy (non-hydrogen) atoms. The van der Waals surface area contributed by atoms with Crippen molar-refractivity contribution in [2.24, 2.45) is 5.92 Å². The van der Waals surface area contributed by atoms with Gasteiger partial charge in [-0.3, -0.25) is 4.79 Å². The highest BCUT2D eigenvalue weighted by atomic mass is 32.2. The maximum atomic E-state index is 13.1. The molecule has 1 amide bonds. The molecule has 0 saturated carbocycles. The van der Waals surface area contributed by atoms with Crippen LogP contribution in [0.1, 0.15) is 48.4 Å². The van der Waals surface area contributed by atoms with E-state index in [0.717, 1.165) is 24.8 Å². The van der Waals surface area contributed by atoms with Crippen molar-refractivity contribution >= 4 is 15.9 Å². The Morgan fingerprint density at radius 3 is 2.55 bits per heavy atom. The second-order valence-corrected chi connectivity index (χ2v) is 10.4. The van der Waals surface area contributed by atoms with Crippen LogP contribution in [0.4, 0.5) is 0 Å². The second-order valence-electron chi connectivity index (χ2n) is 8.46. The molecule has 1 atom stereocenters. The third kappa shape index (κ3) is 4.48. The van der Waals surface area contributed by atoms with E-state index in [2.05, 4.69) is 17.4 Å². The van der Waals surface area contributed by atoms with E-state index in [1.54, 1.807) is 25.3 Å². The smallest absolute Gasteiger partial charge is 0.243 e. The van der Waals surface area contributed by atoms with E-state index in [1.807, 2.05) is 19.1 Å². The molecule has 166 valence electrons. The lowest BCUT2D eigenvalue weighted by Gasteiger charge is -2.32. The fraction of sp³-hybridized carbons (Fsp3) is 0.458. The van der Waals surface area contributed by atoms with Crippen LogP contribution in [0.5, 0.6) is 5.75 Å². The van der Waals surface area contributed by atoms with Gasteiger partial charge in [-0.05, 0) is 73.9 Å². The summed E-state index contributed by atoms with van der Waals surface area (Å²) in [5.41, 5.74) is 3.32. The van der Waals surface area contributed by atoms with Gasteiger partial charge >= 0.3 is 0 Å². The van der Waals surface area contributed by atoms with Gasteiger partial charge in [-0.1, -0.05) is 24.3 Å². The lowest BCUT2D eigenvalue weighted by molar-refractivity contribution is -0.127. The van der Waals surface area contributed by atoms with Crippen LogP contribution in [0.25, 0.3) is 0 Å². The fourth-order valence-electron chi connectivity index (χ4n) is 4.71. The van der Waals surface area contributed by atoms with Crippen LogP contribution < -0.4 is 10.1 Å². The van der Waals surface area contributed by atoms with Crippen molar-refractivity contribution in [3.05, 3.63) is 59.2 Å². The molecule has 2 aromatic rings. The van der Waals surface area contributed by atoms with Crippen LogP contribution in [0.3, 0.4) is 0 Å². The molecule has 2 aromatic carbocycles. The monoisotopic (exact) mass is 442 g/mol. The Labute approximate surface area is 184 Å². The van der Waals surface area contributed by atoms with E-state index < -0.39 is 10.0 Å². The number of amides is 1. The average molecular weight is 443 g/mol. The van der Waals surface area contributed by atoms with Crippen molar-refractivity contribution in [2.45, 2.75) is 50.0 Å². The standard InChI is InChI=1S/C24H30N2O4S/c1-17-16-20(10-11-23(17)30-2)31(28,29)26-14-12-19(13-15-26)24(27)25-22-9-5-7-18-6-3-4-8-21(18)22/h3-4,6,8,10-11,16,19,22H,5,7,9,12-15H2,1-2H3,(H,25,27). The topological polar surface area (TPSA) is 75.7 Å². The molecule has 1 saturated heterocycles. The van der Waals surface area contributed by atoms with E-state index in [1.165, 1.54) is 15.4 Å². The normalized spacial score (nSPS) is 20.1. The molecule has 0 bridgehead atoms. The lowest BCUT2D eigenvalue weighted by Crippen LogP contribution is -2.44. The molecule has 4 rings (SSSR count). The highest BCUT2D eigenvalue weighted by Gasteiger charge is 2.33. The van der Waals surface area contributed by atoms with Crippen LogP contribution in [0.15, 0.2) is 47.4 Å². The highest BCUT2D eigenvalue weighted by Crippen LogP contribution is 2.31. The molecule has 1 fully saturated rings. The number of methoxy groups -OCH3 is 1. The van der Waals surface area contributed by atoms with Crippen molar-refractivity contribution < 1.29 is 17.9 Å². The number of aryl methyl sites for hydroxylation is 2. The van der Waals surface area contributed by atoms with Crippen molar-refractivity contribution in [2.75, 3.05) is 20.2 Å². The zero-order valence-electron chi connectivity index (χ0n) is 18.1. The van der Waals surface area contributed by atoms with Crippen molar-refractivity contribution in [3.63, 3.8) is 0 Å². The first-order valence-corrected chi connectivity index (χ1v) is 12.4. The van der Waals surface area contributed by atoms with E-state index in [4.69, 9.17) is 4.74 Å². The minimum atomic E-state index is -3.58. The molecule has 1 unspecified atom stereocenters. The predicted octanol–water partition coefficient (Wildman–Crippen LogP) is 3.60. The van der Waals surface area contributed by atoms with Gasteiger partial charge in [-0.15, -0.1) is 0 Å². The Morgan fingerprint density at radius 2 is 1.84 bits per heavy atom. The Hall–Kier alpha value is -2.38. The number of hydrogen-bond donors (Lipinski definition) is 1. The fourth-order valence-corrected chi connectivity index (χ4v) is 6.27. The number of hydrogen-bond acceptors (Lipinski definition) is 4. The molecule has 0 spiro atoms. The molecule has 2 aliphatic rings. The van der Waals surface area contributed by atoms with Gasteiger partial charge in [-0.2, -0.15) is 4.31 Å². The van der Waals surface area contributed by atoms with E-state index >= 15 is 0 Å². The molecular weight excluding hydrogens is 412 g/mol. The largest absolute Gasteiger partial charge is 0.496 e. The summed E-state index contributed by atoms with van der Waals surface area (Å²) in [5, 5.41) is 3.23. The summed E-state index contributed by atoms with van der Waals surface area (Å²) in [6.45, 7) is 2.54. The number of benzene rings is 2. The molecule has 1 aliphatic carbocycles. The van der Waals surface area contributed by atoms with Crippen molar-refractivity contribution in [1.82, 2.24) is 9.62 Å². The first-order chi connectivity index (χ1) is 14.9. The van der Waals surface area contributed by atoms with E-state index in [9.17, 15) is 13.2 Å². The van der Waals surface area contributed by atoms with Gasteiger partial charge in [0.2, 0.25) is 15.9 Å². The molecule has 0 aromatic heterocycles. The second kappa shape index (κ2) is 9.01. The molecule has 7 heteroatoms. The minimum absolute atomic E-state index is 0.0408. The first-order valence-electron chi connectivity index (χ1n) is 10.9. The third-order valence-electron chi connectivity index (χ3n) is 6.51. The number of carbonyl (C=O) groups is 1. The summed E-state index contributed by atoms with van der Waals surface area (Å²) in [4.78, 5) is 13.2. The SMILES string of the molecule is COc1ccc(S(=O)(=O)N2CCC(C(=O)NC3CCCc4ccccc43)CC2)cc1C. The summed E-state index contributed by atoms with van der Waals surface area (Å²) in [6.07, 6.45) is 4.15. The van der Waals surface area contributed by atoms with Crippen LogP contribution in [-0.2, 0) is 21.2 Å². The number of fused-ring (bicyclic) bond motifs is 1. The quantitative estimate of drug-likeness (QED) is 0.768. The Balaban J connectivity index is 1.38. The van der Waals surface area contributed by atoms with Crippen LogP contribution >= 0.6 is 0 Å². The Bertz CT molecular complexity index is 1060.